The van der Waals surface area contributed by atoms with Gasteiger partial charge >= 0.3 is 0 Å². The van der Waals surface area contributed by atoms with Crippen LogP contribution in [0, 0.1) is 0 Å². The van der Waals surface area contributed by atoms with Crippen molar-refractivity contribution in [1.82, 2.24) is 25.0 Å². The Kier molecular flexibility index (Phi) is 8.70. The third kappa shape index (κ3) is 5.97. The Morgan fingerprint density at radius 3 is 2.60 bits per heavy atom. The second kappa shape index (κ2) is 11.0. The molecular formula is C21H29IN6O2. The highest BCUT2D eigenvalue weighted by Crippen LogP contribution is 2.10. The van der Waals surface area contributed by atoms with Gasteiger partial charge < -0.3 is 25.0 Å². The molecule has 2 heterocycles. The third-order valence-corrected chi connectivity index (χ3v) is 5.00. The van der Waals surface area contributed by atoms with Crippen molar-refractivity contribution in [2.75, 3.05) is 33.7 Å². The van der Waals surface area contributed by atoms with E-state index in [-0.39, 0.29) is 42.3 Å². The average Bonchev–Trinajstić information content (AvgIpc) is 3.13. The minimum Gasteiger partial charge on any atom is -0.353 e. The minimum absolute atomic E-state index is 0. The van der Waals surface area contributed by atoms with Gasteiger partial charge in [-0.15, -0.1) is 24.0 Å². The summed E-state index contributed by atoms with van der Waals surface area (Å²) in [4.78, 5) is 32.0. The number of rotatable bonds is 5. The van der Waals surface area contributed by atoms with Crippen LogP contribution in [0.4, 0.5) is 0 Å². The number of hydrogen-bond acceptors (Lipinski definition) is 3. The summed E-state index contributed by atoms with van der Waals surface area (Å²) < 4.78 is 2.09. The van der Waals surface area contributed by atoms with E-state index in [2.05, 4.69) is 31.2 Å². The van der Waals surface area contributed by atoms with Crippen LogP contribution < -0.4 is 10.6 Å². The van der Waals surface area contributed by atoms with Crippen molar-refractivity contribution < 1.29 is 9.59 Å². The molecular weight excluding hydrogens is 495 g/mol. The number of carbonyl (C=O) groups is 2. The molecule has 1 aromatic carbocycles. The summed E-state index contributed by atoms with van der Waals surface area (Å²) in [5.41, 5.74) is 2.84. The van der Waals surface area contributed by atoms with Crippen molar-refractivity contribution >= 4 is 41.8 Å². The van der Waals surface area contributed by atoms with E-state index in [0.717, 1.165) is 18.1 Å². The molecule has 0 bridgehead atoms. The normalized spacial score (nSPS) is 14.0. The fraction of sp³-hybridized carbons (Fsp3) is 0.381. The number of halogens is 1. The van der Waals surface area contributed by atoms with Gasteiger partial charge in [0.25, 0.3) is 5.91 Å². The molecule has 3 rings (SSSR count). The monoisotopic (exact) mass is 524 g/mol. The summed E-state index contributed by atoms with van der Waals surface area (Å²) in [6, 6.07) is 11.6. The topological polar surface area (TPSA) is 82.0 Å². The lowest BCUT2D eigenvalue weighted by Crippen LogP contribution is -2.49. The molecule has 2 amide bonds. The Balaban J connectivity index is 0.00000320. The van der Waals surface area contributed by atoms with Crippen molar-refractivity contribution in [3.05, 3.63) is 59.4 Å². The van der Waals surface area contributed by atoms with Crippen LogP contribution in [0.1, 0.15) is 21.6 Å². The lowest BCUT2D eigenvalue weighted by Gasteiger charge is -2.26. The number of aliphatic imine (C=N–C) groups is 1. The summed E-state index contributed by atoms with van der Waals surface area (Å²) in [5, 5.41) is 6.08. The first-order valence-electron chi connectivity index (χ1n) is 9.65. The van der Waals surface area contributed by atoms with Crippen LogP contribution in [0.2, 0.25) is 0 Å². The number of guanidine groups is 1. The second-order valence-corrected chi connectivity index (χ2v) is 7.14. The lowest BCUT2D eigenvalue weighted by molar-refractivity contribution is -0.123. The van der Waals surface area contributed by atoms with Crippen LogP contribution in [0.3, 0.4) is 0 Å². The Morgan fingerprint density at radius 1 is 1.27 bits per heavy atom. The number of aryl methyl sites for hydroxylation is 1. The zero-order chi connectivity index (χ0) is 20.8. The number of nitrogens with one attached hydrogen (secondary N) is 2. The summed E-state index contributed by atoms with van der Waals surface area (Å²) in [7, 11) is 5.79. The minimum atomic E-state index is -0.115. The molecule has 30 heavy (non-hydrogen) atoms. The maximum atomic E-state index is 12.5. The highest BCUT2D eigenvalue weighted by atomic mass is 127. The first-order chi connectivity index (χ1) is 14.0. The van der Waals surface area contributed by atoms with Crippen molar-refractivity contribution in [3.8, 4) is 0 Å². The number of benzene rings is 1. The summed E-state index contributed by atoms with van der Waals surface area (Å²) in [6.07, 6.45) is 2.03. The fourth-order valence-electron chi connectivity index (χ4n) is 3.30. The first-order valence-corrected chi connectivity index (χ1v) is 9.65. The van der Waals surface area contributed by atoms with Gasteiger partial charge in [-0.3, -0.25) is 14.6 Å². The van der Waals surface area contributed by atoms with Crippen molar-refractivity contribution in [2.24, 2.45) is 12.0 Å². The molecule has 1 aliphatic heterocycles. The van der Waals surface area contributed by atoms with Crippen molar-refractivity contribution in [3.63, 3.8) is 0 Å². The molecule has 0 aliphatic carbocycles. The Morgan fingerprint density at radius 2 is 2.00 bits per heavy atom. The van der Waals surface area contributed by atoms with Crippen LogP contribution in [0.15, 0.2) is 47.6 Å². The van der Waals surface area contributed by atoms with E-state index in [1.165, 1.54) is 5.69 Å². The van der Waals surface area contributed by atoms with Crippen LogP contribution in [-0.4, -0.2) is 65.9 Å². The summed E-state index contributed by atoms with van der Waals surface area (Å²) >= 11 is 0. The van der Waals surface area contributed by atoms with Gasteiger partial charge in [-0.05, 0) is 29.8 Å². The molecule has 1 aromatic heterocycles. The largest absolute Gasteiger partial charge is 0.353 e. The van der Waals surface area contributed by atoms with Gasteiger partial charge in [0.2, 0.25) is 5.91 Å². The van der Waals surface area contributed by atoms with Crippen LogP contribution in [0.5, 0.6) is 0 Å². The van der Waals surface area contributed by atoms with Gasteiger partial charge in [-0.25, -0.2) is 0 Å². The third-order valence-electron chi connectivity index (χ3n) is 5.00. The maximum Gasteiger partial charge on any atom is 0.254 e. The molecule has 0 saturated carbocycles. The SMILES string of the molecule is CN=C(NCc1ccc(C(=O)N2CCNC(=O)C2)cc1)N(C)Cc1cccn1C.I. The Labute approximate surface area is 194 Å². The van der Waals surface area contributed by atoms with Crippen molar-refractivity contribution in [1.29, 1.82) is 0 Å². The number of aromatic nitrogens is 1. The van der Waals surface area contributed by atoms with E-state index in [1.54, 1.807) is 11.9 Å². The highest BCUT2D eigenvalue weighted by molar-refractivity contribution is 14.0. The molecule has 0 unspecified atom stereocenters. The van der Waals surface area contributed by atoms with Gasteiger partial charge in [-0.1, -0.05) is 12.1 Å². The van der Waals surface area contributed by atoms with Gasteiger partial charge in [0.1, 0.15) is 0 Å². The van der Waals surface area contributed by atoms with E-state index in [1.807, 2.05) is 50.6 Å². The zero-order valence-corrected chi connectivity index (χ0v) is 19.9. The molecule has 0 radical (unpaired) electrons. The van der Waals surface area contributed by atoms with Gasteiger partial charge in [0.05, 0.1) is 13.1 Å². The molecule has 1 fully saturated rings. The van der Waals surface area contributed by atoms with Gasteiger partial charge in [-0.2, -0.15) is 0 Å². The van der Waals surface area contributed by atoms with E-state index in [0.29, 0.717) is 25.2 Å². The van der Waals surface area contributed by atoms with E-state index < -0.39 is 0 Å². The number of piperazine rings is 1. The summed E-state index contributed by atoms with van der Waals surface area (Å²) in [5.74, 6) is 0.569. The van der Waals surface area contributed by atoms with Gasteiger partial charge in [0.15, 0.2) is 5.96 Å². The standard InChI is InChI=1S/C21H28N6O2.HI/c1-22-21(26(3)14-18-5-4-11-25(18)2)24-13-16-6-8-17(9-7-16)20(29)27-12-10-23-19(28)15-27;/h4-9,11H,10,12-15H2,1-3H3,(H,22,24)(H,23,28);1H. The lowest BCUT2D eigenvalue weighted by atomic mass is 10.1. The van der Waals surface area contributed by atoms with E-state index in [9.17, 15) is 9.59 Å². The predicted octanol–water partition coefficient (Wildman–Crippen LogP) is 1.42. The Bertz CT molecular complexity index is 893. The maximum absolute atomic E-state index is 12.5. The van der Waals surface area contributed by atoms with Crippen LogP contribution in [-0.2, 0) is 24.9 Å². The number of nitrogens with zero attached hydrogens (tertiary/aromatic N) is 4. The van der Waals surface area contributed by atoms with Gasteiger partial charge in [0, 0.05) is 58.2 Å². The van der Waals surface area contributed by atoms with Crippen LogP contribution in [0.25, 0.3) is 0 Å². The molecule has 1 aliphatic rings. The quantitative estimate of drug-likeness (QED) is 0.353. The number of amides is 2. The highest BCUT2D eigenvalue weighted by Gasteiger charge is 2.22. The molecule has 9 heteroatoms. The fourth-order valence-corrected chi connectivity index (χ4v) is 3.30. The molecule has 2 N–H and O–H groups in total. The molecule has 0 spiro atoms. The first kappa shape index (κ1) is 23.7. The molecule has 0 atom stereocenters. The molecule has 2 aromatic rings. The molecule has 8 nitrogen and oxygen atoms in total. The average molecular weight is 524 g/mol. The Hall–Kier alpha value is -2.56. The van der Waals surface area contributed by atoms with E-state index in [4.69, 9.17) is 0 Å². The second-order valence-electron chi connectivity index (χ2n) is 7.14. The summed E-state index contributed by atoms with van der Waals surface area (Å²) in [6.45, 7) is 2.51. The molecule has 1 saturated heterocycles. The number of carbonyl (C=O) groups excluding carboxylic acids is 2. The van der Waals surface area contributed by atoms with E-state index >= 15 is 0 Å². The van der Waals surface area contributed by atoms with Crippen LogP contribution >= 0.6 is 24.0 Å². The molecule has 162 valence electrons. The zero-order valence-electron chi connectivity index (χ0n) is 17.6. The number of hydrogen-bond donors (Lipinski definition) is 2. The van der Waals surface area contributed by atoms with Crippen molar-refractivity contribution in [2.45, 2.75) is 13.1 Å². The predicted molar refractivity (Wildman–Crippen MR) is 128 cm³/mol. The smallest absolute Gasteiger partial charge is 0.254 e.